The Kier molecular flexibility index (Phi) is 3.38. The van der Waals surface area contributed by atoms with Crippen LogP contribution in [0.1, 0.15) is 23.7 Å². The fourth-order valence-electron chi connectivity index (χ4n) is 1.89. The average molecular weight is 258 g/mol. The first-order chi connectivity index (χ1) is 9.04. The number of carbonyl (C=O) groups is 1. The monoisotopic (exact) mass is 258 g/mol. The zero-order chi connectivity index (χ0) is 14.0. The van der Waals surface area contributed by atoms with Gasteiger partial charge in [-0.15, -0.1) is 12.3 Å². The average Bonchev–Trinajstić information content (AvgIpc) is 2.72. The Morgan fingerprint density at radius 1 is 1.63 bits per heavy atom. The van der Waals surface area contributed by atoms with Crippen molar-refractivity contribution in [3.05, 3.63) is 18.0 Å². The van der Waals surface area contributed by atoms with Crippen LogP contribution in [-0.4, -0.2) is 31.9 Å². The lowest BCUT2D eigenvalue weighted by molar-refractivity contribution is 0.0697. The number of hydrogen-bond donors (Lipinski definition) is 2. The Morgan fingerprint density at radius 2 is 2.37 bits per heavy atom. The van der Waals surface area contributed by atoms with Gasteiger partial charge in [-0.3, -0.25) is 4.68 Å². The summed E-state index contributed by atoms with van der Waals surface area (Å²) >= 11 is 0. The third-order valence-corrected chi connectivity index (χ3v) is 2.81. The second-order valence-corrected chi connectivity index (χ2v) is 4.31. The second-order valence-electron chi connectivity index (χ2n) is 4.31. The number of hydrogen-bond acceptors (Lipinski definition) is 4. The minimum absolute atomic E-state index is 0.0334. The molecule has 0 radical (unpaired) electrons. The van der Waals surface area contributed by atoms with Crippen LogP contribution in [-0.2, 0) is 7.05 Å². The van der Waals surface area contributed by atoms with Crippen LogP contribution in [0.5, 0.6) is 0 Å². The molecule has 98 valence electrons. The lowest BCUT2D eigenvalue weighted by atomic mass is 10.1. The SMILES string of the molecule is C#CCC(C)Nc1c(C(=O)O)cnc2c1cnn2C. The third-order valence-electron chi connectivity index (χ3n) is 2.81. The summed E-state index contributed by atoms with van der Waals surface area (Å²) in [6, 6.07) is -0.0334. The lowest BCUT2D eigenvalue weighted by Crippen LogP contribution is -2.17. The molecule has 0 saturated heterocycles. The normalized spacial score (nSPS) is 12.1. The number of carboxylic acids is 1. The Hall–Kier alpha value is -2.55. The smallest absolute Gasteiger partial charge is 0.339 e. The largest absolute Gasteiger partial charge is 0.478 e. The van der Waals surface area contributed by atoms with Crippen molar-refractivity contribution in [3.8, 4) is 12.3 Å². The molecule has 6 nitrogen and oxygen atoms in total. The van der Waals surface area contributed by atoms with E-state index in [1.165, 1.54) is 6.20 Å². The van der Waals surface area contributed by atoms with E-state index in [0.717, 1.165) is 0 Å². The number of aryl methyl sites for hydroxylation is 1. The molecule has 0 aromatic carbocycles. The van der Waals surface area contributed by atoms with Crippen LogP contribution < -0.4 is 5.32 Å². The van der Waals surface area contributed by atoms with Crippen LogP contribution in [0.4, 0.5) is 5.69 Å². The van der Waals surface area contributed by atoms with Gasteiger partial charge >= 0.3 is 5.97 Å². The van der Waals surface area contributed by atoms with Gasteiger partial charge in [-0.05, 0) is 6.92 Å². The first-order valence-electron chi connectivity index (χ1n) is 5.78. The highest BCUT2D eigenvalue weighted by molar-refractivity contribution is 6.03. The van der Waals surface area contributed by atoms with Crippen LogP contribution >= 0.6 is 0 Å². The first kappa shape index (κ1) is 12.9. The summed E-state index contributed by atoms with van der Waals surface area (Å²) in [5.74, 6) is 1.51. The number of nitrogens with zero attached hydrogens (tertiary/aromatic N) is 3. The zero-order valence-corrected chi connectivity index (χ0v) is 10.7. The molecule has 1 unspecified atom stereocenters. The van der Waals surface area contributed by atoms with Crippen LogP contribution in [0.25, 0.3) is 11.0 Å². The molecular weight excluding hydrogens is 244 g/mol. The highest BCUT2D eigenvalue weighted by Crippen LogP contribution is 2.26. The Labute approximate surface area is 110 Å². The maximum absolute atomic E-state index is 11.3. The van der Waals surface area contributed by atoms with Crippen molar-refractivity contribution in [2.45, 2.75) is 19.4 Å². The number of anilines is 1. The first-order valence-corrected chi connectivity index (χ1v) is 5.78. The molecule has 0 bridgehead atoms. The van der Waals surface area contributed by atoms with E-state index in [-0.39, 0.29) is 11.6 Å². The van der Waals surface area contributed by atoms with Gasteiger partial charge in [0.1, 0.15) is 5.56 Å². The molecule has 2 heterocycles. The summed E-state index contributed by atoms with van der Waals surface area (Å²) in [6.45, 7) is 1.90. The molecule has 2 N–H and O–H groups in total. The molecule has 1 atom stereocenters. The highest BCUT2D eigenvalue weighted by Gasteiger charge is 2.18. The molecule has 0 aliphatic heterocycles. The highest BCUT2D eigenvalue weighted by atomic mass is 16.4. The maximum Gasteiger partial charge on any atom is 0.339 e. The van der Waals surface area contributed by atoms with E-state index < -0.39 is 5.97 Å². The molecule has 0 spiro atoms. The Morgan fingerprint density at radius 3 is 3.00 bits per heavy atom. The molecule has 0 fully saturated rings. The van der Waals surface area contributed by atoms with Crippen LogP contribution in [0, 0.1) is 12.3 Å². The van der Waals surface area contributed by atoms with Gasteiger partial charge in [-0.1, -0.05) is 0 Å². The number of aromatic carboxylic acids is 1. The number of fused-ring (bicyclic) bond motifs is 1. The van der Waals surface area contributed by atoms with Crippen molar-refractivity contribution >= 4 is 22.7 Å². The predicted octanol–water partition coefficient (Wildman–Crippen LogP) is 1.49. The summed E-state index contributed by atoms with van der Waals surface area (Å²) in [5, 5.41) is 17.1. The fraction of sp³-hybridized carbons (Fsp3) is 0.308. The third kappa shape index (κ3) is 2.36. The topological polar surface area (TPSA) is 80.0 Å². The van der Waals surface area contributed by atoms with Crippen molar-refractivity contribution < 1.29 is 9.90 Å². The number of rotatable bonds is 4. The molecule has 0 aliphatic carbocycles. The standard InChI is InChI=1S/C13H14N4O2/c1-4-5-8(2)16-11-9-7-15-17(3)12(9)14-6-10(11)13(18)19/h1,6-8H,5H2,2-3H3,(H,14,16)(H,18,19). The van der Waals surface area contributed by atoms with Crippen molar-refractivity contribution in [1.82, 2.24) is 14.8 Å². The number of nitrogens with one attached hydrogen (secondary N) is 1. The van der Waals surface area contributed by atoms with E-state index in [0.29, 0.717) is 23.1 Å². The van der Waals surface area contributed by atoms with Crippen molar-refractivity contribution in [2.75, 3.05) is 5.32 Å². The number of carboxylic acid groups (broad SMARTS) is 1. The lowest BCUT2D eigenvalue weighted by Gasteiger charge is -2.15. The van der Waals surface area contributed by atoms with Crippen molar-refractivity contribution in [1.29, 1.82) is 0 Å². The van der Waals surface area contributed by atoms with Crippen molar-refractivity contribution in [2.24, 2.45) is 7.05 Å². The van der Waals surface area contributed by atoms with E-state index in [9.17, 15) is 9.90 Å². The molecule has 19 heavy (non-hydrogen) atoms. The summed E-state index contributed by atoms with van der Waals surface area (Å²) in [7, 11) is 1.75. The molecule has 0 saturated carbocycles. The predicted molar refractivity (Wildman–Crippen MR) is 72.0 cm³/mol. The van der Waals surface area contributed by atoms with Gasteiger partial charge in [-0.25, -0.2) is 9.78 Å². The minimum atomic E-state index is -1.03. The summed E-state index contributed by atoms with van der Waals surface area (Å²) in [4.78, 5) is 15.4. The molecule has 6 heteroatoms. The molecular formula is C13H14N4O2. The minimum Gasteiger partial charge on any atom is -0.478 e. The number of aromatic nitrogens is 3. The van der Waals surface area contributed by atoms with Gasteiger partial charge in [-0.2, -0.15) is 5.10 Å². The van der Waals surface area contributed by atoms with E-state index in [2.05, 4.69) is 21.3 Å². The molecule has 0 amide bonds. The molecule has 2 aromatic heterocycles. The maximum atomic E-state index is 11.3. The van der Waals surface area contributed by atoms with E-state index in [4.69, 9.17) is 6.42 Å². The summed E-state index contributed by atoms with van der Waals surface area (Å²) in [6.07, 6.45) is 8.69. The van der Waals surface area contributed by atoms with Gasteiger partial charge in [0.2, 0.25) is 0 Å². The van der Waals surface area contributed by atoms with Gasteiger partial charge in [0.05, 0.1) is 17.3 Å². The van der Waals surface area contributed by atoms with Gasteiger partial charge in [0, 0.05) is 25.7 Å². The van der Waals surface area contributed by atoms with Crippen LogP contribution in [0.15, 0.2) is 12.4 Å². The second kappa shape index (κ2) is 4.98. The zero-order valence-electron chi connectivity index (χ0n) is 10.7. The Bertz CT molecular complexity index is 669. The molecule has 0 aliphatic rings. The van der Waals surface area contributed by atoms with Crippen molar-refractivity contribution in [3.63, 3.8) is 0 Å². The molecule has 2 aromatic rings. The summed E-state index contributed by atoms with van der Waals surface area (Å²) < 4.78 is 1.60. The Balaban J connectivity index is 2.56. The molecule has 2 rings (SSSR count). The van der Waals surface area contributed by atoms with Gasteiger partial charge in [0.25, 0.3) is 0 Å². The van der Waals surface area contributed by atoms with Crippen LogP contribution in [0.2, 0.25) is 0 Å². The van der Waals surface area contributed by atoms with E-state index in [1.807, 2.05) is 6.92 Å². The van der Waals surface area contributed by atoms with E-state index in [1.54, 1.807) is 17.9 Å². The number of pyridine rings is 1. The van der Waals surface area contributed by atoms with Gasteiger partial charge in [0.15, 0.2) is 5.65 Å². The summed E-state index contributed by atoms with van der Waals surface area (Å²) in [5.41, 5.74) is 1.25. The van der Waals surface area contributed by atoms with Gasteiger partial charge < -0.3 is 10.4 Å². The fourth-order valence-corrected chi connectivity index (χ4v) is 1.89. The van der Waals surface area contributed by atoms with E-state index >= 15 is 0 Å². The van der Waals surface area contributed by atoms with Crippen LogP contribution in [0.3, 0.4) is 0 Å². The number of terminal acetylenes is 1. The quantitative estimate of drug-likeness (QED) is 0.812.